The third kappa shape index (κ3) is 2.48. The van der Waals surface area contributed by atoms with Gasteiger partial charge in [0.2, 0.25) is 0 Å². The minimum absolute atomic E-state index is 0.267. The third-order valence-corrected chi connectivity index (χ3v) is 2.35. The number of carbonyl (C=O) groups is 1. The van der Waals surface area contributed by atoms with Crippen LogP contribution in [0, 0.1) is 5.92 Å². The maximum absolute atomic E-state index is 11.3. The number of hydrogen-bond acceptors (Lipinski definition) is 3. The van der Waals surface area contributed by atoms with Crippen LogP contribution in [0.3, 0.4) is 0 Å². The molecule has 1 fully saturated rings. The normalized spacial score (nSPS) is 21.6. The van der Waals surface area contributed by atoms with Crippen molar-refractivity contribution < 1.29 is 9.53 Å². The molecule has 2 N–H and O–H groups in total. The number of nitrogens with two attached hydrogens (primary N) is 1. The first-order valence-electron chi connectivity index (χ1n) is 4.52. The van der Waals surface area contributed by atoms with E-state index in [4.69, 9.17) is 10.5 Å². The van der Waals surface area contributed by atoms with Crippen LogP contribution < -0.4 is 5.73 Å². The van der Waals surface area contributed by atoms with E-state index >= 15 is 0 Å². The molecule has 0 saturated heterocycles. The molecule has 0 radical (unpaired) electrons. The summed E-state index contributed by atoms with van der Waals surface area (Å²) >= 11 is 0. The summed E-state index contributed by atoms with van der Waals surface area (Å²) in [6, 6.07) is 0. The van der Waals surface area contributed by atoms with Gasteiger partial charge in [0.05, 0.1) is 6.61 Å². The van der Waals surface area contributed by atoms with Gasteiger partial charge in [-0.25, -0.2) is 0 Å². The Morgan fingerprint density at radius 1 is 1.67 bits per heavy atom. The van der Waals surface area contributed by atoms with Gasteiger partial charge in [-0.05, 0) is 32.1 Å². The topological polar surface area (TPSA) is 52.3 Å². The fourth-order valence-corrected chi connectivity index (χ4v) is 0.787. The van der Waals surface area contributed by atoms with Crippen LogP contribution in [0.2, 0.25) is 0 Å². The van der Waals surface area contributed by atoms with Gasteiger partial charge in [-0.2, -0.15) is 0 Å². The van der Waals surface area contributed by atoms with Crippen LogP contribution in [0.5, 0.6) is 0 Å². The average Bonchev–Trinajstić information content (AvgIpc) is 2.83. The number of rotatable bonds is 4. The monoisotopic (exact) mass is 171 g/mol. The minimum Gasteiger partial charge on any atom is -0.464 e. The molecule has 1 aliphatic rings. The first-order valence-corrected chi connectivity index (χ1v) is 4.52. The molecule has 0 amide bonds. The zero-order valence-corrected chi connectivity index (χ0v) is 7.80. The van der Waals surface area contributed by atoms with Crippen molar-refractivity contribution >= 4 is 5.97 Å². The Balaban J connectivity index is 2.25. The highest BCUT2D eigenvalue weighted by Crippen LogP contribution is 2.29. The summed E-state index contributed by atoms with van der Waals surface area (Å²) in [5.74, 6) is 0.346. The molecular formula is C9H17NO2. The van der Waals surface area contributed by atoms with Crippen LogP contribution in [0.25, 0.3) is 0 Å². The van der Waals surface area contributed by atoms with Crippen molar-refractivity contribution in [2.45, 2.75) is 38.6 Å². The molecule has 70 valence electrons. The summed E-state index contributed by atoms with van der Waals surface area (Å²) in [5.41, 5.74) is 4.89. The highest BCUT2D eigenvalue weighted by atomic mass is 16.5. The predicted octanol–water partition coefficient (Wildman–Crippen LogP) is 1.07. The van der Waals surface area contributed by atoms with Gasteiger partial charge in [-0.3, -0.25) is 4.79 Å². The van der Waals surface area contributed by atoms with Crippen molar-refractivity contribution in [3.63, 3.8) is 0 Å². The van der Waals surface area contributed by atoms with Gasteiger partial charge in [-0.1, -0.05) is 6.92 Å². The largest absolute Gasteiger partial charge is 0.464 e. The summed E-state index contributed by atoms with van der Waals surface area (Å²) in [6.45, 7) is 4.16. The summed E-state index contributed by atoms with van der Waals surface area (Å²) in [4.78, 5) is 11.3. The Kier molecular flexibility index (Phi) is 2.73. The minimum atomic E-state index is -0.797. The molecule has 0 aromatic heterocycles. The van der Waals surface area contributed by atoms with Gasteiger partial charge in [0, 0.05) is 0 Å². The molecule has 0 aromatic carbocycles. The Morgan fingerprint density at radius 2 is 2.25 bits per heavy atom. The molecule has 3 heteroatoms. The summed E-state index contributed by atoms with van der Waals surface area (Å²) in [6.07, 6.45) is 3.01. The highest BCUT2D eigenvalue weighted by molar-refractivity contribution is 5.79. The number of hydrogen-bond donors (Lipinski definition) is 1. The first-order chi connectivity index (χ1) is 5.56. The molecule has 0 bridgehead atoms. The molecule has 3 nitrogen and oxygen atoms in total. The Bertz CT molecular complexity index is 173. The molecule has 0 heterocycles. The molecular weight excluding hydrogens is 154 g/mol. The lowest BCUT2D eigenvalue weighted by atomic mass is 10.0. The van der Waals surface area contributed by atoms with Crippen LogP contribution >= 0.6 is 0 Å². The van der Waals surface area contributed by atoms with Crippen molar-refractivity contribution in [1.29, 1.82) is 0 Å². The van der Waals surface area contributed by atoms with E-state index in [2.05, 4.69) is 0 Å². The van der Waals surface area contributed by atoms with Gasteiger partial charge in [-0.15, -0.1) is 0 Å². The molecule has 1 aliphatic carbocycles. The number of esters is 1. The standard InChI is InChI=1S/C9H17NO2/c1-3-9(2,10)8(11)12-6-7-4-5-7/h7H,3-6,10H2,1-2H3. The van der Waals surface area contributed by atoms with E-state index in [1.807, 2.05) is 6.92 Å². The molecule has 1 atom stereocenters. The van der Waals surface area contributed by atoms with Crippen LogP contribution in [0.15, 0.2) is 0 Å². The fourth-order valence-electron chi connectivity index (χ4n) is 0.787. The quantitative estimate of drug-likeness (QED) is 0.644. The van der Waals surface area contributed by atoms with E-state index in [-0.39, 0.29) is 5.97 Å². The molecule has 0 aliphatic heterocycles. The molecule has 0 aromatic rings. The van der Waals surface area contributed by atoms with Crippen LogP contribution in [0.1, 0.15) is 33.1 Å². The van der Waals surface area contributed by atoms with Crippen molar-refractivity contribution in [1.82, 2.24) is 0 Å². The molecule has 1 rings (SSSR count). The van der Waals surface area contributed by atoms with Crippen molar-refractivity contribution in [3.8, 4) is 0 Å². The average molecular weight is 171 g/mol. The third-order valence-electron chi connectivity index (χ3n) is 2.35. The van der Waals surface area contributed by atoms with Crippen molar-refractivity contribution in [2.24, 2.45) is 11.7 Å². The van der Waals surface area contributed by atoms with Crippen LogP contribution in [-0.2, 0) is 9.53 Å². The van der Waals surface area contributed by atoms with Gasteiger partial charge in [0.25, 0.3) is 0 Å². The highest BCUT2D eigenvalue weighted by Gasteiger charge is 2.30. The molecule has 12 heavy (non-hydrogen) atoms. The maximum atomic E-state index is 11.3. The predicted molar refractivity (Wildman–Crippen MR) is 46.6 cm³/mol. The zero-order chi connectivity index (χ0) is 9.19. The van der Waals surface area contributed by atoms with E-state index in [1.54, 1.807) is 6.92 Å². The van der Waals surface area contributed by atoms with E-state index < -0.39 is 5.54 Å². The van der Waals surface area contributed by atoms with Crippen molar-refractivity contribution in [2.75, 3.05) is 6.61 Å². The van der Waals surface area contributed by atoms with E-state index in [1.165, 1.54) is 12.8 Å². The van der Waals surface area contributed by atoms with Crippen LogP contribution in [0.4, 0.5) is 0 Å². The lowest BCUT2D eigenvalue weighted by molar-refractivity contribution is -0.150. The zero-order valence-electron chi connectivity index (χ0n) is 7.80. The lowest BCUT2D eigenvalue weighted by Gasteiger charge is -2.20. The molecule has 1 saturated carbocycles. The van der Waals surface area contributed by atoms with Gasteiger partial charge in [0.15, 0.2) is 0 Å². The summed E-state index contributed by atoms with van der Waals surface area (Å²) in [7, 11) is 0. The Morgan fingerprint density at radius 3 is 2.67 bits per heavy atom. The SMILES string of the molecule is CCC(C)(N)C(=O)OCC1CC1. The van der Waals surface area contributed by atoms with Gasteiger partial charge < -0.3 is 10.5 Å². The van der Waals surface area contributed by atoms with Crippen LogP contribution in [-0.4, -0.2) is 18.1 Å². The Hall–Kier alpha value is -0.570. The smallest absolute Gasteiger partial charge is 0.325 e. The van der Waals surface area contributed by atoms with E-state index in [0.29, 0.717) is 18.9 Å². The van der Waals surface area contributed by atoms with E-state index in [0.717, 1.165) is 0 Å². The number of ether oxygens (including phenoxy) is 1. The maximum Gasteiger partial charge on any atom is 0.325 e. The summed E-state index contributed by atoms with van der Waals surface area (Å²) < 4.78 is 5.06. The second-order valence-corrected chi connectivity index (χ2v) is 3.81. The second kappa shape index (κ2) is 3.44. The van der Waals surface area contributed by atoms with E-state index in [9.17, 15) is 4.79 Å². The molecule has 0 spiro atoms. The fraction of sp³-hybridized carbons (Fsp3) is 0.889. The summed E-state index contributed by atoms with van der Waals surface area (Å²) in [5, 5.41) is 0. The first kappa shape index (κ1) is 9.52. The van der Waals surface area contributed by atoms with Gasteiger partial charge in [0.1, 0.15) is 5.54 Å². The second-order valence-electron chi connectivity index (χ2n) is 3.81. The lowest BCUT2D eigenvalue weighted by Crippen LogP contribution is -2.45. The van der Waals surface area contributed by atoms with Crippen molar-refractivity contribution in [3.05, 3.63) is 0 Å². The Labute approximate surface area is 73.3 Å². The number of carbonyl (C=O) groups excluding carboxylic acids is 1. The molecule has 1 unspecified atom stereocenters. The van der Waals surface area contributed by atoms with Gasteiger partial charge >= 0.3 is 5.97 Å².